The van der Waals surface area contributed by atoms with Gasteiger partial charge in [-0.15, -0.1) is 0 Å². The molecular formula is C14H22N2O. The number of benzene rings is 1. The summed E-state index contributed by atoms with van der Waals surface area (Å²) in [5.74, 6) is 1.03. The first kappa shape index (κ1) is 12.4. The quantitative estimate of drug-likeness (QED) is 0.866. The van der Waals surface area contributed by atoms with Crippen LogP contribution < -0.4 is 10.5 Å². The monoisotopic (exact) mass is 234 g/mol. The Morgan fingerprint density at radius 1 is 1.41 bits per heavy atom. The van der Waals surface area contributed by atoms with Crippen molar-refractivity contribution in [2.75, 3.05) is 19.7 Å². The Balaban J connectivity index is 1.98. The maximum atomic E-state index is 6.10. The molecule has 3 nitrogen and oxygen atoms in total. The molecule has 1 aromatic rings. The Labute approximate surface area is 104 Å². The fourth-order valence-corrected chi connectivity index (χ4v) is 2.33. The van der Waals surface area contributed by atoms with Crippen LogP contribution in [-0.2, 0) is 6.54 Å². The van der Waals surface area contributed by atoms with Crippen LogP contribution in [0.4, 0.5) is 0 Å². The van der Waals surface area contributed by atoms with Crippen LogP contribution in [0.25, 0.3) is 0 Å². The van der Waals surface area contributed by atoms with Crippen LogP contribution in [0.3, 0.4) is 0 Å². The third kappa shape index (κ3) is 3.45. The van der Waals surface area contributed by atoms with Crippen LogP contribution in [0.1, 0.15) is 25.3 Å². The number of ether oxygens (including phenoxy) is 1. The van der Waals surface area contributed by atoms with E-state index < -0.39 is 0 Å². The minimum Gasteiger partial charge on any atom is -0.492 e. The number of nitrogens with zero attached hydrogens (tertiary/aromatic N) is 1. The van der Waals surface area contributed by atoms with Crippen molar-refractivity contribution in [1.82, 2.24) is 4.90 Å². The number of para-hydroxylation sites is 1. The topological polar surface area (TPSA) is 38.5 Å². The van der Waals surface area contributed by atoms with Crippen LogP contribution >= 0.6 is 0 Å². The molecule has 1 aromatic carbocycles. The van der Waals surface area contributed by atoms with Gasteiger partial charge < -0.3 is 10.5 Å². The Bertz CT molecular complexity index is 354. The predicted octanol–water partition coefficient (Wildman–Crippen LogP) is 2.01. The molecule has 0 aromatic heterocycles. The van der Waals surface area contributed by atoms with Gasteiger partial charge in [-0.3, -0.25) is 4.90 Å². The van der Waals surface area contributed by atoms with Gasteiger partial charge in [-0.25, -0.2) is 0 Å². The first-order chi connectivity index (χ1) is 8.29. The van der Waals surface area contributed by atoms with E-state index in [-0.39, 0.29) is 6.04 Å². The van der Waals surface area contributed by atoms with Gasteiger partial charge in [-0.2, -0.15) is 0 Å². The van der Waals surface area contributed by atoms with Gasteiger partial charge in [0.05, 0.1) is 0 Å². The third-order valence-corrected chi connectivity index (χ3v) is 3.18. The van der Waals surface area contributed by atoms with Crippen molar-refractivity contribution in [2.24, 2.45) is 5.73 Å². The smallest absolute Gasteiger partial charge is 0.123 e. The fraction of sp³-hybridized carbons (Fsp3) is 0.571. The molecule has 94 valence electrons. The summed E-state index contributed by atoms with van der Waals surface area (Å²) in [6, 6.07) is 8.56. The van der Waals surface area contributed by atoms with Crippen LogP contribution in [-0.4, -0.2) is 30.6 Å². The summed E-state index contributed by atoms with van der Waals surface area (Å²) in [5, 5.41) is 0. The molecule has 0 saturated carbocycles. The molecule has 1 heterocycles. The van der Waals surface area contributed by atoms with Gasteiger partial charge in [0, 0.05) is 31.2 Å². The van der Waals surface area contributed by atoms with Gasteiger partial charge in [0.15, 0.2) is 0 Å². The number of nitrogens with two attached hydrogens (primary N) is 1. The Morgan fingerprint density at radius 3 is 3.06 bits per heavy atom. The first-order valence-corrected chi connectivity index (χ1v) is 6.48. The highest BCUT2D eigenvalue weighted by atomic mass is 16.5. The van der Waals surface area contributed by atoms with E-state index in [0.717, 1.165) is 44.8 Å². The molecule has 0 saturated heterocycles. The maximum Gasteiger partial charge on any atom is 0.123 e. The van der Waals surface area contributed by atoms with Gasteiger partial charge in [-0.05, 0) is 12.5 Å². The molecule has 0 bridgehead atoms. The number of hydrogen-bond acceptors (Lipinski definition) is 3. The number of fused-ring (bicyclic) bond motifs is 1. The molecule has 0 radical (unpaired) electrons. The predicted molar refractivity (Wildman–Crippen MR) is 70.1 cm³/mol. The SMILES string of the molecule is CCC[C@H](N)CN1CCOc2ccccc2C1. The second-order valence-corrected chi connectivity index (χ2v) is 4.74. The normalized spacial score (nSPS) is 18.0. The maximum absolute atomic E-state index is 6.10. The van der Waals surface area contributed by atoms with Crippen molar-refractivity contribution >= 4 is 0 Å². The van der Waals surface area contributed by atoms with Crippen molar-refractivity contribution < 1.29 is 4.74 Å². The van der Waals surface area contributed by atoms with E-state index in [1.54, 1.807) is 0 Å². The average Bonchev–Trinajstić information content (AvgIpc) is 2.50. The fourth-order valence-electron chi connectivity index (χ4n) is 2.33. The summed E-state index contributed by atoms with van der Waals surface area (Å²) in [4.78, 5) is 2.40. The lowest BCUT2D eigenvalue weighted by Crippen LogP contribution is -2.38. The average molecular weight is 234 g/mol. The minimum absolute atomic E-state index is 0.283. The van der Waals surface area contributed by atoms with E-state index in [1.807, 2.05) is 12.1 Å². The summed E-state index contributed by atoms with van der Waals surface area (Å²) in [6.45, 7) is 5.82. The van der Waals surface area contributed by atoms with Crippen molar-refractivity contribution in [2.45, 2.75) is 32.4 Å². The van der Waals surface area contributed by atoms with Crippen LogP contribution in [0, 0.1) is 0 Å². The molecule has 1 atom stereocenters. The summed E-state index contributed by atoms with van der Waals surface area (Å²) in [6.07, 6.45) is 2.25. The van der Waals surface area contributed by atoms with Crippen LogP contribution in [0.5, 0.6) is 5.75 Å². The second kappa shape index (κ2) is 6.03. The minimum atomic E-state index is 0.283. The molecule has 2 rings (SSSR count). The van der Waals surface area contributed by atoms with Gasteiger partial charge in [0.1, 0.15) is 12.4 Å². The molecular weight excluding hydrogens is 212 g/mol. The Morgan fingerprint density at radius 2 is 2.24 bits per heavy atom. The third-order valence-electron chi connectivity index (χ3n) is 3.18. The summed E-state index contributed by atoms with van der Waals surface area (Å²) < 4.78 is 5.74. The highest BCUT2D eigenvalue weighted by Crippen LogP contribution is 2.22. The van der Waals surface area contributed by atoms with E-state index in [4.69, 9.17) is 10.5 Å². The van der Waals surface area contributed by atoms with E-state index in [9.17, 15) is 0 Å². The van der Waals surface area contributed by atoms with Crippen molar-refractivity contribution in [3.63, 3.8) is 0 Å². The van der Waals surface area contributed by atoms with E-state index in [0.29, 0.717) is 0 Å². The first-order valence-electron chi connectivity index (χ1n) is 6.48. The Kier molecular flexibility index (Phi) is 4.40. The molecule has 0 unspecified atom stereocenters. The number of hydrogen-bond donors (Lipinski definition) is 1. The standard InChI is InChI=1S/C14H22N2O/c1-2-5-13(15)11-16-8-9-17-14-7-4-3-6-12(14)10-16/h3-4,6-7,13H,2,5,8-11,15H2,1H3/t13-/m0/s1. The van der Waals surface area contributed by atoms with Gasteiger partial charge in [-0.1, -0.05) is 31.5 Å². The van der Waals surface area contributed by atoms with Crippen LogP contribution in [0.15, 0.2) is 24.3 Å². The lowest BCUT2D eigenvalue weighted by molar-refractivity contribution is 0.213. The molecule has 3 heteroatoms. The molecule has 17 heavy (non-hydrogen) atoms. The zero-order valence-corrected chi connectivity index (χ0v) is 10.6. The lowest BCUT2D eigenvalue weighted by Gasteiger charge is -2.23. The van der Waals surface area contributed by atoms with Gasteiger partial charge in [0.2, 0.25) is 0 Å². The largest absolute Gasteiger partial charge is 0.492 e. The highest BCUT2D eigenvalue weighted by molar-refractivity contribution is 5.33. The van der Waals surface area contributed by atoms with E-state index in [2.05, 4.69) is 24.0 Å². The zero-order chi connectivity index (χ0) is 12.1. The molecule has 1 aliphatic rings. The van der Waals surface area contributed by atoms with Crippen molar-refractivity contribution in [3.8, 4) is 5.75 Å². The lowest BCUT2D eigenvalue weighted by atomic mass is 10.1. The van der Waals surface area contributed by atoms with Gasteiger partial charge >= 0.3 is 0 Å². The summed E-state index contributed by atoms with van der Waals surface area (Å²) in [7, 11) is 0. The summed E-state index contributed by atoms with van der Waals surface area (Å²) in [5.41, 5.74) is 7.38. The molecule has 0 aliphatic carbocycles. The van der Waals surface area contributed by atoms with E-state index >= 15 is 0 Å². The highest BCUT2D eigenvalue weighted by Gasteiger charge is 2.16. The zero-order valence-electron chi connectivity index (χ0n) is 10.6. The van der Waals surface area contributed by atoms with Gasteiger partial charge in [0.25, 0.3) is 0 Å². The molecule has 0 amide bonds. The number of rotatable bonds is 4. The molecule has 2 N–H and O–H groups in total. The molecule has 0 spiro atoms. The van der Waals surface area contributed by atoms with E-state index in [1.165, 1.54) is 5.56 Å². The molecule has 1 aliphatic heterocycles. The van der Waals surface area contributed by atoms with Crippen molar-refractivity contribution in [3.05, 3.63) is 29.8 Å². The van der Waals surface area contributed by atoms with Crippen LogP contribution in [0.2, 0.25) is 0 Å². The second-order valence-electron chi connectivity index (χ2n) is 4.74. The summed E-state index contributed by atoms with van der Waals surface area (Å²) >= 11 is 0. The van der Waals surface area contributed by atoms with Crippen molar-refractivity contribution in [1.29, 1.82) is 0 Å². The molecule has 0 fully saturated rings. The Hall–Kier alpha value is -1.06.